The van der Waals surface area contributed by atoms with Gasteiger partial charge in [0.2, 0.25) is 5.91 Å². The van der Waals surface area contributed by atoms with Gasteiger partial charge >= 0.3 is 0 Å². The molecule has 0 aliphatic heterocycles. The molecule has 0 aliphatic carbocycles. The molecule has 0 saturated heterocycles. The van der Waals surface area contributed by atoms with Crippen LogP contribution in [0.1, 0.15) is 35.0 Å². The first-order valence-corrected chi connectivity index (χ1v) is 8.30. The summed E-state index contributed by atoms with van der Waals surface area (Å²) in [6.07, 6.45) is 1.12. The van der Waals surface area contributed by atoms with Crippen LogP contribution in [0.25, 0.3) is 0 Å². The number of hydrogen-bond acceptors (Lipinski definition) is 5. The molecule has 0 fully saturated rings. The molecule has 5 nitrogen and oxygen atoms in total. The number of rotatable bonds is 7. The second-order valence-electron chi connectivity index (χ2n) is 5.64. The SMILES string of the molecule is Cc1noc(C)c1CCC(=O)NC[C@@H](c1ccsc1)N(C)C. The maximum Gasteiger partial charge on any atom is 0.220 e. The lowest BCUT2D eigenvalue weighted by atomic mass is 10.1. The Labute approximate surface area is 135 Å². The average Bonchev–Trinajstić information content (AvgIpc) is 3.08. The predicted octanol–water partition coefficient (Wildman–Crippen LogP) is 2.70. The third-order valence-electron chi connectivity index (χ3n) is 3.83. The van der Waals surface area contributed by atoms with Crippen molar-refractivity contribution in [2.75, 3.05) is 20.6 Å². The molecule has 2 aromatic heterocycles. The molecule has 22 heavy (non-hydrogen) atoms. The number of amides is 1. The van der Waals surface area contributed by atoms with Crippen LogP contribution in [0.5, 0.6) is 0 Å². The summed E-state index contributed by atoms with van der Waals surface area (Å²) < 4.78 is 5.12. The summed E-state index contributed by atoms with van der Waals surface area (Å²) in [5.41, 5.74) is 3.15. The van der Waals surface area contributed by atoms with Crippen molar-refractivity contribution in [3.05, 3.63) is 39.4 Å². The lowest BCUT2D eigenvalue weighted by Crippen LogP contribution is -2.34. The number of thiophene rings is 1. The minimum Gasteiger partial charge on any atom is -0.361 e. The number of aryl methyl sites for hydroxylation is 2. The first kappa shape index (κ1) is 16.7. The molecule has 0 unspecified atom stereocenters. The number of carbonyl (C=O) groups is 1. The van der Waals surface area contributed by atoms with Gasteiger partial charge in [-0.15, -0.1) is 0 Å². The van der Waals surface area contributed by atoms with Crippen LogP contribution in [-0.4, -0.2) is 36.6 Å². The van der Waals surface area contributed by atoms with Gasteiger partial charge in [-0.25, -0.2) is 0 Å². The van der Waals surface area contributed by atoms with E-state index in [1.165, 1.54) is 5.56 Å². The van der Waals surface area contributed by atoms with Crippen molar-refractivity contribution in [3.63, 3.8) is 0 Å². The molecule has 0 bridgehead atoms. The summed E-state index contributed by atoms with van der Waals surface area (Å²) in [7, 11) is 4.05. The van der Waals surface area contributed by atoms with Gasteiger partial charge in [-0.2, -0.15) is 11.3 Å². The van der Waals surface area contributed by atoms with Gasteiger partial charge in [0, 0.05) is 18.5 Å². The van der Waals surface area contributed by atoms with E-state index in [0.29, 0.717) is 19.4 Å². The van der Waals surface area contributed by atoms with Crippen LogP contribution in [0, 0.1) is 13.8 Å². The minimum absolute atomic E-state index is 0.0575. The summed E-state index contributed by atoms with van der Waals surface area (Å²) in [6, 6.07) is 2.31. The van der Waals surface area contributed by atoms with Gasteiger partial charge in [0.05, 0.1) is 11.7 Å². The first-order chi connectivity index (χ1) is 10.5. The highest BCUT2D eigenvalue weighted by Crippen LogP contribution is 2.20. The molecule has 0 radical (unpaired) electrons. The Hall–Kier alpha value is -1.66. The van der Waals surface area contributed by atoms with Crippen molar-refractivity contribution < 1.29 is 9.32 Å². The van der Waals surface area contributed by atoms with Gasteiger partial charge in [0.15, 0.2) is 0 Å². The predicted molar refractivity (Wildman–Crippen MR) is 88.1 cm³/mol. The zero-order valence-corrected chi connectivity index (χ0v) is 14.4. The molecular weight excluding hydrogens is 298 g/mol. The number of likely N-dealkylation sites (N-methyl/N-ethyl adjacent to an activating group) is 1. The van der Waals surface area contributed by atoms with E-state index in [-0.39, 0.29) is 11.9 Å². The largest absolute Gasteiger partial charge is 0.361 e. The van der Waals surface area contributed by atoms with Crippen molar-refractivity contribution >= 4 is 17.2 Å². The molecule has 0 aromatic carbocycles. The van der Waals surface area contributed by atoms with Gasteiger partial charge in [-0.05, 0) is 56.8 Å². The van der Waals surface area contributed by atoms with Gasteiger partial charge < -0.3 is 14.7 Å². The van der Waals surface area contributed by atoms with E-state index >= 15 is 0 Å². The van der Waals surface area contributed by atoms with E-state index < -0.39 is 0 Å². The Morgan fingerprint density at radius 1 is 1.45 bits per heavy atom. The Morgan fingerprint density at radius 2 is 2.23 bits per heavy atom. The highest BCUT2D eigenvalue weighted by atomic mass is 32.1. The molecule has 1 N–H and O–H groups in total. The number of hydrogen-bond donors (Lipinski definition) is 1. The number of carbonyl (C=O) groups excluding carboxylic acids is 1. The molecular formula is C16H23N3O2S. The van der Waals surface area contributed by atoms with Crippen molar-refractivity contribution in [2.24, 2.45) is 0 Å². The highest BCUT2D eigenvalue weighted by Gasteiger charge is 2.16. The maximum absolute atomic E-state index is 12.1. The molecule has 0 aliphatic rings. The Balaban J connectivity index is 1.84. The zero-order valence-electron chi connectivity index (χ0n) is 13.5. The third-order valence-corrected chi connectivity index (χ3v) is 4.53. The fraction of sp³-hybridized carbons (Fsp3) is 0.500. The van der Waals surface area contributed by atoms with E-state index in [2.05, 4.69) is 32.2 Å². The van der Waals surface area contributed by atoms with Crippen LogP contribution in [0.2, 0.25) is 0 Å². The quantitative estimate of drug-likeness (QED) is 0.852. The summed E-state index contributed by atoms with van der Waals surface area (Å²) in [5.74, 6) is 0.858. The van der Waals surface area contributed by atoms with Crippen LogP contribution in [0.3, 0.4) is 0 Å². The van der Waals surface area contributed by atoms with Gasteiger partial charge in [0.1, 0.15) is 5.76 Å². The normalized spacial score (nSPS) is 12.6. The lowest BCUT2D eigenvalue weighted by molar-refractivity contribution is -0.121. The first-order valence-electron chi connectivity index (χ1n) is 7.36. The van der Waals surface area contributed by atoms with Crippen molar-refractivity contribution in [3.8, 4) is 0 Å². The molecule has 2 rings (SSSR count). The standard InChI is InChI=1S/C16H23N3O2S/c1-11-14(12(2)21-18-11)5-6-16(20)17-9-15(19(3)4)13-7-8-22-10-13/h7-8,10,15H,5-6,9H2,1-4H3,(H,17,20)/t15-/m0/s1. The fourth-order valence-corrected chi connectivity index (χ4v) is 3.17. The zero-order chi connectivity index (χ0) is 16.1. The van der Waals surface area contributed by atoms with E-state index in [4.69, 9.17) is 4.52 Å². The maximum atomic E-state index is 12.1. The minimum atomic E-state index is 0.0575. The summed E-state index contributed by atoms with van der Waals surface area (Å²) >= 11 is 1.67. The molecule has 0 spiro atoms. The number of nitrogens with one attached hydrogen (secondary N) is 1. The number of aromatic nitrogens is 1. The molecule has 120 valence electrons. The Kier molecular flexibility index (Phi) is 5.74. The van der Waals surface area contributed by atoms with E-state index in [1.807, 2.05) is 27.9 Å². The number of nitrogens with zero attached hydrogens (tertiary/aromatic N) is 2. The van der Waals surface area contributed by atoms with Crippen LogP contribution < -0.4 is 5.32 Å². The second kappa shape index (κ2) is 7.56. The van der Waals surface area contributed by atoms with E-state index in [9.17, 15) is 4.79 Å². The summed E-state index contributed by atoms with van der Waals surface area (Å²) in [4.78, 5) is 14.2. The topological polar surface area (TPSA) is 58.4 Å². The molecule has 1 amide bonds. The summed E-state index contributed by atoms with van der Waals surface area (Å²) in [5, 5.41) is 11.1. The molecule has 1 atom stereocenters. The third kappa shape index (κ3) is 4.18. The molecule has 0 saturated carbocycles. The Morgan fingerprint density at radius 3 is 2.77 bits per heavy atom. The fourth-order valence-electron chi connectivity index (χ4n) is 2.46. The van der Waals surface area contributed by atoms with E-state index in [1.54, 1.807) is 11.3 Å². The van der Waals surface area contributed by atoms with E-state index in [0.717, 1.165) is 17.0 Å². The van der Waals surface area contributed by atoms with Crippen LogP contribution in [-0.2, 0) is 11.2 Å². The Bertz CT molecular complexity index is 585. The lowest BCUT2D eigenvalue weighted by Gasteiger charge is -2.24. The van der Waals surface area contributed by atoms with Crippen molar-refractivity contribution in [2.45, 2.75) is 32.7 Å². The average molecular weight is 321 g/mol. The molecule has 2 aromatic rings. The highest BCUT2D eigenvalue weighted by molar-refractivity contribution is 7.07. The molecule has 6 heteroatoms. The van der Waals surface area contributed by atoms with Crippen LogP contribution >= 0.6 is 11.3 Å². The smallest absolute Gasteiger partial charge is 0.220 e. The summed E-state index contributed by atoms with van der Waals surface area (Å²) in [6.45, 7) is 4.40. The van der Waals surface area contributed by atoms with Gasteiger partial charge in [-0.1, -0.05) is 5.16 Å². The second-order valence-corrected chi connectivity index (χ2v) is 6.42. The van der Waals surface area contributed by atoms with Crippen LogP contribution in [0.15, 0.2) is 21.3 Å². The van der Waals surface area contributed by atoms with Gasteiger partial charge in [-0.3, -0.25) is 4.79 Å². The van der Waals surface area contributed by atoms with Gasteiger partial charge in [0.25, 0.3) is 0 Å². The molecule has 2 heterocycles. The van der Waals surface area contributed by atoms with Crippen LogP contribution in [0.4, 0.5) is 0 Å². The van der Waals surface area contributed by atoms with Crippen molar-refractivity contribution in [1.29, 1.82) is 0 Å². The monoisotopic (exact) mass is 321 g/mol. The van der Waals surface area contributed by atoms with Crippen molar-refractivity contribution in [1.82, 2.24) is 15.4 Å².